The molecule has 114 valence electrons. The molecule has 1 N–H and O–H groups in total. The van der Waals surface area contributed by atoms with Crippen LogP contribution in [0.1, 0.15) is 49.4 Å². The van der Waals surface area contributed by atoms with Crippen molar-refractivity contribution < 1.29 is 9.47 Å². The van der Waals surface area contributed by atoms with Gasteiger partial charge in [0.05, 0.1) is 7.11 Å². The molecule has 0 aliphatic carbocycles. The van der Waals surface area contributed by atoms with Crippen LogP contribution < -0.4 is 10.1 Å². The normalized spacial score (nSPS) is 12.4. The number of methoxy groups -OCH3 is 1. The fourth-order valence-corrected chi connectivity index (χ4v) is 2.39. The van der Waals surface area contributed by atoms with Crippen LogP contribution in [-0.2, 0) is 4.74 Å². The van der Waals surface area contributed by atoms with Crippen LogP contribution in [0.5, 0.6) is 5.75 Å². The Labute approximate surface area is 123 Å². The fraction of sp³-hybridized carbons (Fsp3) is 0.647. The van der Waals surface area contributed by atoms with Crippen molar-refractivity contribution in [2.24, 2.45) is 0 Å². The zero-order chi connectivity index (χ0) is 15.0. The molecule has 1 rings (SSSR count). The first-order chi connectivity index (χ1) is 9.65. The van der Waals surface area contributed by atoms with Gasteiger partial charge in [-0.2, -0.15) is 0 Å². The molecule has 0 spiro atoms. The van der Waals surface area contributed by atoms with Crippen LogP contribution in [0.25, 0.3) is 0 Å². The number of benzene rings is 1. The second-order valence-electron chi connectivity index (χ2n) is 5.12. The maximum absolute atomic E-state index is 5.64. The van der Waals surface area contributed by atoms with Gasteiger partial charge in [0.15, 0.2) is 0 Å². The van der Waals surface area contributed by atoms with Crippen molar-refractivity contribution in [2.45, 2.75) is 46.6 Å². The zero-order valence-corrected chi connectivity index (χ0v) is 13.6. The van der Waals surface area contributed by atoms with Crippen LogP contribution in [0.4, 0.5) is 0 Å². The molecule has 0 saturated heterocycles. The van der Waals surface area contributed by atoms with Crippen LogP contribution in [-0.4, -0.2) is 26.9 Å². The Kier molecular flexibility index (Phi) is 7.63. The molecule has 1 aromatic rings. The Bertz CT molecular complexity index is 404. The molecule has 0 aromatic heterocycles. The minimum absolute atomic E-state index is 0.288. The minimum Gasteiger partial charge on any atom is -0.496 e. The van der Waals surface area contributed by atoms with Crippen LogP contribution in [0.3, 0.4) is 0 Å². The predicted molar refractivity (Wildman–Crippen MR) is 84.6 cm³/mol. The molecule has 1 atom stereocenters. The van der Waals surface area contributed by atoms with Gasteiger partial charge < -0.3 is 14.8 Å². The Morgan fingerprint density at radius 3 is 2.55 bits per heavy atom. The summed E-state index contributed by atoms with van der Waals surface area (Å²) in [6, 6.07) is 4.64. The average molecular weight is 279 g/mol. The van der Waals surface area contributed by atoms with Gasteiger partial charge in [0.2, 0.25) is 0 Å². The third-order valence-electron chi connectivity index (χ3n) is 3.68. The van der Waals surface area contributed by atoms with Gasteiger partial charge in [0, 0.05) is 24.8 Å². The molecule has 0 saturated carbocycles. The number of ether oxygens (including phenoxy) is 2. The lowest BCUT2D eigenvalue weighted by molar-refractivity contribution is 0.136. The second-order valence-corrected chi connectivity index (χ2v) is 5.12. The van der Waals surface area contributed by atoms with Crippen LogP contribution in [0.2, 0.25) is 0 Å². The third-order valence-corrected chi connectivity index (χ3v) is 3.68. The van der Waals surface area contributed by atoms with Crippen molar-refractivity contribution in [3.63, 3.8) is 0 Å². The van der Waals surface area contributed by atoms with Crippen molar-refractivity contribution in [1.29, 1.82) is 0 Å². The zero-order valence-electron chi connectivity index (χ0n) is 13.6. The number of hydrogen-bond donors (Lipinski definition) is 1. The van der Waals surface area contributed by atoms with Crippen molar-refractivity contribution in [1.82, 2.24) is 5.32 Å². The van der Waals surface area contributed by atoms with E-state index < -0.39 is 0 Å². The van der Waals surface area contributed by atoms with Crippen LogP contribution in [0.15, 0.2) is 12.1 Å². The number of aryl methyl sites for hydroxylation is 1. The summed E-state index contributed by atoms with van der Waals surface area (Å²) < 4.78 is 11.2. The average Bonchev–Trinajstić information content (AvgIpc) is 2.45. The lowest BCUT2D eigenvalue weighted by Gasteiger charge is -2.23. The van der Waals surface area contributed by atoms with E-state index in [-0.39, 0.29) is 6.04 Å². The minimum atomic E-state index is 0.288. The van der Waals surface area contributed by atoms with Gasteiger partial charge in [-0.05, 0) is 51.3 Å². The molecule has 0 radical (unpaired) electrons. The predicted octanol–water partition coefficient (Wildman–Crippen LogP) is 3.78. The van der Waals surface area contributed by atoms with E-state index in [1.807, 2.05) is 6.92 Å². The second kappa shape index (κ2) is 8.98. The molecule has 3 nitrogen and oxygen atoms in total. The molecular formula is C17H29NO2. The number of hydrogen-bond acceptors (Lipinski definition) is 3. The van der Waals surface area contributed by atoms with E-state index in [9.17, 15) is 0 Å². The maximum atomic E-state index is 5.64. The summed E-state index contributed by atoms with van der Waals surface area (Å²) >= 11 is 0. The first-order valence-electron chi connectivity index (χ1n) is 7.60. The highest BCUT2D eigenvalue weighted by Crippen LogP contribution is 2.32. The summed E-state index contributed by atoms with van der Waals surface area (Å²) in [5.41, 5.74) is 3.73. The third kappa shape index (κ3) is 4.50. The summed E-state index contributed by atoms with van der Waals surface area (Å²) in [6.45, 7) is 11.0. The van der Waals surface area contributed by atoms with Gasteiger partial charge in [0.1, 0.15) is 5.75 Å². The van der Waals surface area contributed by atoms with Gasteiger partial charge in [-0.25, -0.2) is 0 Å². The molecule has 0 heterocycles. The molecule has 1 aromatic carbocycles. The first-order valence-corrected chi connectivity index (χ1v) is 7.60. The monoisotopic (exact) mass is 279 g/mol. The Hall–Kier alpha value is -1.06. The highest BCUT2D eigenvalue weighted by molar-refractivity contribution is 5.46. The summed E-state index contributed by atoms with van der Waals surface area (Å²) in [4.78, 5) is 0. The highest BCUT2D eigenvalue weighted by atomic mass is 16.5. The van der Waals surface area contributed by atoms with Gasteiger partial charge in [-0.3, -0.25) is 0 Å². The quantitative estimate of drug-likeness (QED) is 0.698. The topological polar surface area (TPSA) is 30.5 Å². The molecule has 3 heteroatoms. The Morgan fingerprint density at radius 2 is 1.95 bits per heavy atom. The van der Waals surface area contributed by atoms with Crippen molar-refractivity contribution >= 4 is 0 Å². The molecule has 0 amide bonds. The SMILES string of the molecule is CCCNC(CCOCC)c1ccc(C)c(C)c1OC. The van der Waals surface area contributed by atoms with Crippen molar-refractivity contribution in [3.05, 3.63) is 28.8 Å². The van der Waals surface area contributed by atoms with Gasteiger partial charge >= 0.3 is 0 Å². The molecule has 0 fully saturated rings. The summed E-state index contributed by atoms with van der Waals surface area (Å²) in [7, 11) is 1.75. The van der Waals surface area contributed by atoms with Crippen LogP contribution in [0, 0.1) is 13.8 Å². The molecule has 0 aliphatic heterocycles. The lowest BCUT2D eigenvalue weighted by atomic mass is 9.97. The maximum Gasteiger partial charge on any atom is 0.126 e. The standard InChI is InChI=1S/C17H29NO2/c1-6-11-18-16(10-12-20-7-2)15-9-8-13(3)14(4)17(15)19-5/h8-9,16,18H,6-7,10-12H2,1-5H3. The summed E-state index contributed by atoms with van der Waals surface area (Å²) in [5.74, 6) is 1.01. The number of rotatable bonds is 9. The fourth-order valence-electron chi connectivity index (χ4n) is 2.39. The van der Waals surface area contributed by atoms with Gasteiger partial charge in [0.25, 0.3) is 0 Å². The summed E-state index contributed by atoms with van der Waals surface area (Å²) in [6.07, 6.45) is 2.09. The van der Waals surface area contributed by atoms with E-state index in [1.54, 1.807) is 7.11 Å². The van der Waals surface area contributed by atoms with E-state index in [1.165, 1.54) is 16.7 Å². The van der Waals surface area contributed by atoms with E-state index in [4.69, 9.17) is 9.47 Å². The van der Waals surface area contributed by atoms with Crippen molar-refractivity contribution in [3.8, 4) is 5.75 Å². The molecule has 1 unspecified atom stereocenters. The Balaban J connectivity index is 2.96. The first kappa shape index (κ1) is 17.0. The van der Waals surface area contributed by atoms with Gasteiger partial charge in [-0.15, -0.1) is 0 Å². The molecule has 20 heavy (non-hydrogen) atoms. The van der Waals surface area contributed by atoms with Crippen LogP contribution >= 0.6 is 0 Å². The molecule has 0 bridgehead atoms. The number of nitrogens with one attached hydrogen (secondary N) is 1. The van der Waals surface area contributed by atoms with E-state index in [0.29, 0.717) is 0 Å². The highest BCUT2D eigenvalue weighted by Gasteiger charge is 2.17. The molecule has 0 aliphatic rings. The van der Waals surface area contributed by atoms with Crippen molar-refractivity contribution in [2.75, 3.05) is 26.9 Å². The summed E-state index contributed by atoms with van der Waals surface area (Å²) in [5, 5.41) is 3.61. The van der Waals surface area contributed by atoms with E-state index in [0.717, 1.165) is 38.3 Å². The van der Waals surface area contributed by atoms with Gasteiger partial charge in [-0.1, -0.05) is 19.1 Å². The van der Waals surface area contributed by atoms with E-state index in [2.05, 4.69) is 38.2 Å². The lowest BCUT2D eigenvalue weighted by Crippen LogP contribution is -2.24. The largest absolute Gasteiger partial charge is 0.496 e. The molecular weight excluding hydrogens is 250 g/mol. The smallest absolute Gasteiger partial charge is 0.126 e. The van der Waals surface area contributed by atoms with E-state index >= 15 is 0 Å². The Morgan fingerprint density at radius 1 is 1.20 bits per heavy atom.